The Bertz CT molecular complexity index is 777. The van der Waals surface area contributed by atoms with E-state index in [4.69, 9.17) is 4.74 Å². The van der Waals surface area contributed by atoms with Gasteiger partial charge < -0.3 is 15.4 Å². The van der Waals surface area contributed by atoms with Crippen molar-refractivity contribution in [2.24, 2.45) is 12.0 Å². The Morgan fingerprint density at radius 2 is 2.04 bits per heavy atom. The van der Waals surface area contributed by atoms with Crippen LogP contribution in [0.3, 0.4) is 0 Å². The molecule has 2 rings (SSSR count). The van der Waals surface area contributed by atoms with Gasteiger partial charge in [-0.15, -0.1) is 24.0 Å². The van der Waals surface area contributed by atoms with Gasteiger partial charge in [-0.05, 0) is 30.5 Å². The summed E-state index contributed by atoms with van der Waals surface area (Å²) in [5.74, 6) is 0.770. The molecular formula is C18H25F3IN5O. The molecule has 0 unspecified atom stereocenters. The Labute approximate surface area is 179 Å². The minimum Gasteiger partial charge on any atom is -0.484 e. The number of halogens is 4. The molecule has 0 atom stereocenters. The highest BCUT2D eigenvalue weighted by atomic mass is 127. The van der Waals surface area contributed by atoms with Crippen LogP contribution in [0.25, 0.3) is 0 Å². The van der Waals surface area contributed by atoms with Crippen LogP contribution in [0.5, 0.6) is 5.75 Å². The molecule has 0 aliphatic heterocycles. The molecule has 6 nitrogen and oxygen atoms in total. The van der Waals surface area contributed by atoms with E-state index in [9.17, 15) is 13.2 Å². The quantitative estimate of drug-likeness (QED) is 0.341. The lowest BCUT2D eigenvalue weighted by Crippen LogP contribution is -2.38. The summed E-state index contributed by atoms with van der Waals surface area (Å²) in [6.07, 6.45) is 0.139. The Morgan fingerprint density at radius 3 is 2.64 bits per heavy atom. The number of aryl methyl sites for hydroxylation is 2. The van der Waals surface area contributed by atoms with Crippen LogP contribution in [0, 0.1) is 6.92 Å². The van der Waals surface area contributed by atoms with Gasteiger partial charge in [0, 0.05) is 38.9 Å². The van der Waals surface area contributed by atoms with Crippen molar-refractivity contribution < 1.29 is 17.9 Å². The molecule has 0 aliphatic rings. The van der Waals surface area contributed by atoms with E-state index < -0.39 is 12.8 Å². The summed E-state index contributed by atoms with van der Waals surface area (Å²) >= 11 is 0. The van der Waals surface area contributed by atoms with E-state index in [0.29, 0.717) is 24.6 Å². The summed E-state index contributed by atoms with van der Waals surface area (Å²) in [5, 5.41) is 10.4. The van der Waals surface area contributed by atoms with Crippen LogP contribution in [0.2, 0.25) is 0 Å². The third kappa shape index (κ3) is 8.36. The van der Waals surface area contributed by atoms with Crippen LogP contribution < -0.4 is 15.4 Å². The third-order valence-electron chi connectivity index (χ3n) is 3.75. The van der Waals surface area contributed by atoms with Crippen molar-refractivity contribution in [3.05, 3.63) is 47.3 Å². The molecule has 28 heavy (non-hydrogen) atoms. The van der Waals surface area contributed by atoms with E-state index in [1.165, 1.54) is 0 Å². The first kappa shape index (κ1) is 24.1. The van der Waals surface area contributed by atoms with Crippen molar-refractivity contribution in [2.45, 2.75) is 26.1 Å². The second-order valence-corrected chi connectivity index (χ2v) is 6.14. The third-order valence-corrected chi connectivity index (χ3v) is 3.75. The van der Waals surface area contributed by atoms with Gasteiger partial charge in [0.1, 0.15) is 5.75 Å². The molecule has 1 aromatic carbocycles. The van der Waals surface area contributed by atoms with Gasteiger partial charge in [-0.1, -0.05) is 12.1 Å². The maximum atomic E-state index is 12.4. The molecule has 2 N–H and O–H groups in total. The summed E-state index contributed by atoms with van der Waals surface area (Å²) in [5.41, 5.74) is 2.55. The number of hydrogen-bond donors (Lipinski definition) is 2. The van der Waals surface area contributed by atoms with E-state index in [2.05, 4.69) is 20.7 Å². The number of guanidine groups is 1. The van der Waals surface area contributed by atoms with Gasteiger partial charge in [-0.2, -0.15) is 18.3 Å². The number of ether oxygens (including phenoxy) is 1. The van der Waals surface area contributed by atoms with Gasteiger partial charge in [-0.25, -0.2) is 0 Å². The highest BCUT2D eigenvalue weighted by Crippen LogP contribution is 2.23. The second-order valence-electron chi connectivity index (χ2n) is 6.14. The Balaban J connectivity index is 0.00000392. The Kier molecular flexibility index (Phi) is 9.56. The summed E-state index contributed by atoms with van der Waals surface area (Å²) in [7, 11) is 3.49. The van der Waals surface area contributed by atoms with Crippen molar-refractivity contribution in [3.63, 3.8) is 0 Å². The SMILES string of the molecule is CN=C(NCCc1cnn(C)c1)NCc1ccc(C)cc1OCC(F)(F)F.I. The highest BCUT2D eigenvalue weighted by Gasteiger charge is 2.28. The summed E-state index contributed by atoms with van der Waals surface area (Å²) in [4.78, 5) is 4.12. The summed E-state index contributed by atoms with van der Waals surface area (Å²) in [6.45, 7) is 1.43. The molecule has 156 valence electrons. The van der Waals surface area contributed by atoms with E-state index in [-0.39, 0.29) is 29.7 Å². The Morgan fingerprint density at radius 1 is 1.29 bits per heavy atom. The topological polar surface area (TPSA) is 63.5 Å². The first-order chi connectivity index (χ1) is 12.8. The highest BCUT2D eigenvalue weighted by molar-refractivity contribution is 14.0. The van der Waals surface area contributed by atoms with Crippen molar-refractivity contribution >= 4 is 29.9 Å². The molecule has 0 saturated carbocycles. The molecule has 0 saturated heterocycles. The maximum Gasteiger partial charge on any atom is 0.422 e. The average molecular weight is 511 g/mol. The zero-order valence-electron chi connectivity index (χ0n) is 16.0. The van der Waals surface area contributed by atoms with E-state index >= 15 is 0 Å². The first-order valence-electron chi connectivity index (χ1n) is 8.48. The van der Waals surface area contributed by atoms with Crippen LogP contribution in [-0.4, -0.2) is 42.1 Å². The monoisotopic (exact) mass is 511 g/mol. The number of hydrogen-bond acceptors (Lipinski definition) is 3. The number of aliphatic imine (C=N–C) groups is 1. The van der Waals surface area contributed by atoms with Crippen molar-refractivity contribution in [3.8, 4) is 5.75 Å². The van der Waals surface area contributed by atoms with Crippen molar-refractivity contribution in [1.29, 1.82) is 0 Å². The molecule has 0 spiro atoms. The number of benzene rings is 1. The minimum atomic E-state index is -4.38. The standard InChI is InChI=1S/C18H24F3N5O.HI/c1-13-4-5-15(16(8-13)27-12-18(19,20)21)10-24-17(22-2)23-7-6-14-9-25-26(3)11-14;/h4-5,8-9,11H,6-7,10,12H2,1-3H3,(H2,22,23,24);1H. The lowest BCUT2D eigenvalue weighted by Gasteiger charge is -2.16. The summed E-state index contributed by atoms with van der Waals surface area (Å²) in [6, 6.07) is 5.17. The molecule has 0 radical (unpaired) electrons. The maximum absolute atomic E-state index is 12.4. The number of rotatable bonds is 7. The number of aromatic nitrogens is 2. The van der Waals surface area contributed by atoms with Crippen molar-refractivity contribution in [1.82, 2.24) is 20.4 Å². The number of alkyl halides is 3. The molecule has 0 amide bonds. The van der Waals surface area contributed by atoms with Crippen LogP contribution in [0.1, 0.15) is 16.7 Å². The smallest absolute Gasteiger partial charge is 0.422 e. The van der Waals surface area contributed by atoms with Crippen LogP contribution in [-0.2, 0) is 20.0 Å². The fourth-order valence-electron chi connectivity index (χ4n) is 2.43. The van der Waals surface area contributed by atoms with Gasteiger partial charge in [0.25, 0.3) is 0 Å². The minimum absolute atomic E-state index is 0. The zero-order valence-corrected chi connectivity index (χ0v) is 18.3. The van der Waals surface area contributed by atoms with Crippen LogP contribution in [0.4, 0.5) is 13.2 Å². The van der Waals surface area contributed by atoms with Gasteiger partial charge in [0.2, 0.25) is 0 Å². The zero-order chi connectivity index (χ0) is 19.9. The van der Waals surface area contributed by atoms with E-state index in [1.807, 2.05) is 19.3 Å². The fourth-order valence-corrected chi connectivity index (χ4v) is 2.43. The summed E-state index contributed by atoms with van der Waals surface area (Å²) < 4.78 is 44.0. The predicted molar refractivity (Wildman–Crippen MR) is 113 cm³/mol. The first-order valence-corrected chi connectivity index (χ1v) is 8.48. The van der Waals surface area contributed by atoms with Gasteiger partial charge in [0.15, 0.2) is 12.6 Å². The largest absolute Gasteiger partial charge is 0.484 e. The fraction of sp³-hybridized carbons (Fsp3) is 0.444. The predicted octanol–water partition coefficient (Wildman–Crippen LogP) is 3.20. The van der Waals surface area contributed by atoms with Crippen LogP contribution in [0.15, 0.2) is 35.6 Å². The number of nitrogens with zero attached hydrogens (tertiary/aromatic N) is 3. The average Bonchev–Trinajstić information content (AvgIpc) is 3.01. The van der Waals surface area contributed by atoms with Crippen LogP contribution >= 0.6 is 24.0 Å². The Hall–Kier alpha value is -1.98. The molecule has 0 aliphatic carbocycles. The van der Waals surface area contributed by atoms with Gasteiger partial charge in [-0.3, -0.25) is 9.67 Å². The molecule has 0 fully saturated rings. The van der Waals surface area contributed by atoms with E-state index in [0.717, 1.165) is 17.5 Å². The lowest BCUT2D eigenvalue weighted by atomic mass is 10.1. The van der Waals surface area contributed by atoms with Gasteiger partial charge in [0.05, 0.1) is 6.20 Å². The van der Waals surface area contributed by atoms with Gasteiger partial charge >= 0.3 is 6.18 Å². The molecule has 2 aromatic rings. The lowest BCUT2D eigenvalue weighted by molar-refractivity contribution is -0.153. The molecule has 1 heterocycles. The normalized spacial score (nSPS) is 11.7. The molecule has 10 heteroatoms. The molecule has 1 aromatic heterocycles. The molecule has 0 bridgehead atoms. The second kappa shape index (κ2) is 11.1. The van der Waals surface area contributed by atoms with E-state index in [1.54, 1.807) is 37.0 Å². The molecular weight excluding hydrogens is 486 g/mol. The van der Waals surface area contributed by atoms with Crippen molar-refractivity contribution in [2.75, 3.05) is 20.2 Å². The number of nitrogens with one attached hydrogen (secondary N) is 2.